The van der Waals surface area contributed by atoms with Crippen LogP contribution < -0.4 is 11.1 Å². The number of nitrogens with two attached hydrogens (primary N) is 1. The van der Waals surface area contributed by atoms with Gasteiger partial charge in [0.05, 0.1) is 11.3 Å². The van der Waals surface area contributed by atoms with Crippen LogP contribution in [0.4, 0.5) is 11.4 Å². The first kappa shape index (κ1) is 17.5. The third kappa shape index (κ3) is 4.39. The topological polar surface area (TPSA) is 131 Å². The number of carbonyl (C=O) groups is 2. The first-order valence-corrected chi connectivity index (χ1v) is 8.45. The highest BCUT2D eigenvalue weighted by Gasteiger charge is 2.11. The van der Waals surface area contributed by atoms with Crippen LogP contribution in [0.1, 0.15) is 10.4 Å². The number of hydrogen-bond donors (Lipinski definition) is 3. The number of amides is 1. The number of thioether (sulfide) groups is 1. The fourth-order valence-electron chi connectivity index (χ4n) is 2.03. The number of benzene rings is 2. The van der Waals surface area contributed by atoms with E-state index in [1.165, 1.54) is 24.3 Å². The van der Waals surface area contributed by atoms with Gasteiger partial charge in [0.1, 0.15) is 0 Å². The normalized spacial score (nSPS) is 10.5. The number of nitrogens with zero attached hydrogens (tertiary/aromatic N) is 2. The van der Waals surface area contributed by atoms with Crippen molar-refractivity contribution in [3.63, 3.8) is 0 Å². The summed E-state index contributed by atoms with van der Waals surface area (Å²) in [6.45, 7) is 0. The van der Waals surface area contributed by atoms with Crippen molar-refractivity contribution in [1.29, 1.82) is 0 Å². The fourth-order valence-corrected chi connectivity index (χ4v) is 2.59. The molecule has 0 saturated carbocycles. The van der Waals surface area contributed by atoms with Gasteiger partial charge in [-0.25, -0.2) is 4.79 Å². The standard InChI is InChI=1S/C17H14N4O4S/c18-12-5-1-10(2-6-12)15-20-21-17(25-15)26-9-14(22)19-13-7-3-11(4-8-13)16(23)24/h1-8H,9,18H2,(H,19,22)(H,23,24). The van der Waals surface area contributed by atoms with Crippen LogP contribution >= 0.6 is 11.8 Å². The number of rotatable bonds is 6. The Hall–Kier alpha value is -3.33. The van der Waals surface area contributed by atoms with Gasteiger partial charge >= 0.3 is 5.97 Å². The number of hydrogen-bond acceptors (Lipinski definition) is 7. The second kappa shape index (κ2) is 7.70. The smallest absolute Gasteiger partial charge is 0.335 e. The molecule has 4 N–H and O–H groups in total. The highest BCUT2D eigenvalue weighted by Crippen LogP contribution is 2.24. The Kier molecular flexibility index (Phi) is 5.18. The van der Waals surface area contributed by atoms with E-state index in [-0.39, 0.29) is 22.4 Å². The van der Waals surface area contributed by atoms with E-state index in [1.54, 1.807) is 24.3 Å². The number of nitrogen functional groups attached to an aromatic ring is 1. The van der Waals surface area contributed by atoms with Gasteiger partial charge in [-0.3, -0.25) is 4.79 Å². The lowest BCUT2D eigenvalue weighted by Gasteiger charge is -2.04. The highest BCUT2D eigenvalue weighted by atomic mass is 32.2. The summed E-state index contributed by atoms with van der Waals surface area (Å²) in [6, 6.07) is 12.9. The Bertz CT molecular complexity index is 923. The van der Waals surface area contributed by atoms with E-state index in [0.717, 1.165) is 17.3 Å². The molecule has 0 bridgehead atoms. The number of carbonyl (C=O) groups excluding carboxylic acids is 1. The van der Waals surface area contributed by atoms with Crippen LogP contribution in [-0.2, 0) is 4.79 Å². The average Bonchev–Trinajstić information content (AvgIpc) is 3.10. The number of carboxylic acids is 1. The van der Waals surface area contributed by atoms with Crippen LogP contribution in [0.2, 0.25) is 0 Å². The van der Waals surface area contributed by atoms with Crippen molar-refractivity contribution in [3.8, 4) is 11.5 Å². The van der Waals surface area contributed by atoms with Gasteiger partial charge < -0.3 is 20.6 Å². The summed E-state index contributed by atoms with van der Waals surface area (Å²) in [5.74, 6) is -0.876. The molecule has 1 heterocycles. The molecule has 8 nitrogen and oxygen atoms in total. The van der Waals surface area contributed by atoms with E-state index < -0.39 is 5.97 Å². The Balaban J connectivity index is 1.54. The summed E-state index contributed by atoms with van der Waals surface area (Å²) < 4.78 is 5.51. The minimum atomic E-state index is -1.02. The Labute approximate surface area is 152 Å². The van der Waals surface area contributed by atoms with E-state index in [1.807, 2.05) is 0 Å². The third-order valence-corrected chi connectivity index (χ3v) is 4.12. The third-order valence-electron chi connectivity index (χ3n) is 3.31. The number of aromatic carboxylic acids is 1. The van der Waals surface area contributed by atoms with Crippen LogP contribution in [0.3, 0.4) is 0 Å². The van der Waals surface area contributed by atoms with Gasteiger partial charge in [-0.1, -0.05) is 11.8 Å². The second-order valence-electron chi connectivity index (χ2n) is 5.21. The van der Waals surface area contributed by atoms with E-state index in [2.05, 4.69) is 15.5 Å². The van der Waals surface area contributed by atoms with E-state index in [9.17, 15) is 9.59 Å². The molecule has 0 aliphatic carbocycles. The predicted octanol–water partition coefficient (Wildman–Crippen LogP) is 2.75. The Morgan fingerprint density at radius 3 is 2.42 bits per heavy atom. The van der Waals surface area contributed by atoms with Gasteiger partial charge in [-0.15, -0.1) is 10.2 Å². The molecule has 9 heteroatoms. The maximum Gasteiger partial charge on any atom is 0.335 e. The van der Waals surface area contributed by atoms with E-state index >= 15 is 0 Å². The summed E-state index contributed by atoms with van der Waals surface area (Å²) in [7, 11) is 0. The van der Waals surface area contributed by atoms with Crippen LogP contribution in [0, 0.1) is 0 Å². The van der Waals surface area contributed by atoms with Crippen LogP contribution in [-0.4, -0.2) is 32.9 Å². The molecule has 0 spiro atoms. The minimum Gasteiger partial charge on any atom is -0.478 e. The lowest BCUT2D eigenvalue weighted by Crippen LogP contribution is -2.14. The summed E-state index contributed by atoms with van der Waals surface area (Å²) in [5.41, 5.74) is 7.66. The molecular weight excluding hydrogens is 356 g/mol. The van der Waals surface area contributed by atoms with Crippen molar-refractivity contribution in [2.75, 3.05) is 16.8 Å². The zero-order valence-corrected chi connectivity index (χ0v) is 14.2. The number of aromatic nitrogens is 2. The van der Waals surface area contributed by atoms with Gasteiger partial charge in [-0.05, 0) is 48.5 Å². The lowest BCUT2D eigenvalue weighted by molar-refractivity contribution is -0.113. The molecule has 3 rings (SSSR count). The lowest BCUT2D eigenvalue weighted by atomic mass is 10.2. The van der Waals surface area contributed by atoms with Gasteiger partial charge in [0.2, 0.25) is 11.8 Å². The zero-order chi connectivity index (χ0) is 18.5. The number of anilines is 2. The maximum absolute atomic E-state index is 12.0. The average molecular weight is 370 g/mol. The minimum absolute atomic E-state index is 0.0735. The Morgan fingerprint density at radius 2 is 1.77 bits per heavy atom. The van der Waals surface area contributed by atoms with Crippen molar-refractivity contribution < 1.29 is 19.1 Å². The Morgan fingerprint density at radius 1 is 1.08 bits per heavy atom. The molecule has 0 atom stereocenters. The number of nitrogens with one attached hydrogen (secondary N) is 1. The summed E-state index contributed by atoms with van der Waals surface area (Å²) >= 11 is 1.10. The highest BCUT2D eigenvalue weighted by molar-refractivity contribution is 7.99. The van der Waals surface area contributed by atoms with Crippen LogP contribution in [0.25, 0.3) is 11.5 Å². The van der Waals surface area contributed by atoms with Crippen molar-refractivity contribution in [2.45, 2.75) is 5.22 Å². The fraction of sp³-hybridized carbons (Fsp3) is 0.0588. The molecule has 0 unspecified atom stereocenters. The molecule has 3 aromatic rings. The molecule has 0 saturated heterocycles. The zero-order valence-electron chi connectivity index (χ0n) is 13.4. The van der Waals surface area contributed by atoms with Crippen LogP contribution in [0.5, 0.6) is 0 Å². The summed E-state index contributed by atoms with van der Waals surface area (Å²) in [4.78, 5) is 22.8. The first-order chi connectivity index (χ1) is 12.5. The molecule has 0 fully saturated rings. The first-order valence-electron chi connectivity index (χ1n) is 7.47. The molecule has 1 amide bonds. The van der Waals surface area contributed by atoms with E-state index in [0.29, 0.717) is 17.3 Å². The number of carboxylic acid groups (broad SMARTS) is 1. The maximum atomic E-state index is 12.0. The van der Waals surface area contributed by atoms with Crippen molar-refractivity contribution in [2.24, 2.45) is 0 Å². The van der Waals surface area contributed by atoms with Gasteiger partial charge in [0.25, 0.3) is 5.22 Å². The largest absolute Gasteiger partial charge is 0.478 e. The van der Waals surface area contributed by atoms with Crippen LogP contribution in [0.15, 0.2) is 58.2 Å². The molecule has 2 aromatic carbocycles. The molecule has 0 radical (unpaired) electrons. The summed E-state index contributed by atoms with van der Waals surface area (Å²) in [5, 5.41) is 19.6. The molecule has 26 heavy (non-hydrogen) atoms. The molecule has 0 aliphatic rings. The van der Waals surface area contributed by atoms with Crippen molar-refractivity contribution in [3.05, 3.63) is 54.1 Å². The monoisotopic (exact) mass is 370 g/mol. The SMILES string of the molecule is Nc1ccc(-c2nnc(SCC(=O)Nc3ccc(C(=O)O)cc3)o2)cc1. The van der Waals surface area contributed by atoms with Gasteiger partial charge in [-0.2, -0.15) is 0 Å². The van der Waals surface area contributed by atoms with Crippen molar-refractivity contribution in [1.82, 2.24) is 10.2 Å². The molecule has 1 aromatic heterocycles. The van der Waals surface area contributed by atoms with E-state index in [4.69, 9.17) is 15.3 Å². The molecular formula is C17H14N4O4S. The van der Waals surface area contributed by atoms with Gasteiger partial charge in [0, 0.05) is 16.9 Å². The van der Waals surface area contributed by atoms with Crippen molar-refractivity contribution >= 4 is 35.0 Å². The molecule has 0 aliphatic heterocycles. The molecule has 132 valence electrons. The predicted molar refractivity (Wildman–Crippen MR) is 96.9 cm³/mol. The van der Waals surface area contributed by atoms with Gasteiger partial charge in [0.15, 0.2) is 0 Å². The second-order valence-corrected chi connectivity index (χ2v) is 6.14. The quantitative estimate of drug-likeness (QED) is 0.446. The summed E-state index contributed by atoms with van der Waals surface area (Å²) in [6.07, 6.45) is 0.